The fourth-order valence-electron chi connectivity index (χ4n) is 2.67. The minimum absolute atomic E-state index is 0.0195. The van der Waals surface area contributed by atoms with E-state index in [1.165, 1.54) is 29.2 Å². The predicted octanol–water partition coefficient (Wildman–Crippen LogP) is 2.40. The Morgan fingerprint density at radius 2 is 1.86 bits per heavy atom. The molecule has 21 heavy (non-hydrogen) atoms. The van der Waals surface area contributed by atoms with E-state index in [4.69, 9.17) is 0 Å². The van der Waals surface area contributed by atoms with E-state index in [1.54, 1.807) is 6.07 Å². The Morgan fingerprint density at radius 3 is 2.67 bits per heavy atom. The van der Waals surface area contributed by atoms with Gasteiger partial charge in [0.15, 0.2) is 0 Å². The standard InChI is InChI=1S/C16H15NO4/c18-11-6-7-13(19)12(9-11)16(21)17-8-2-4-10-3-1-5-14(20)15(10)17/h1,3,5-7,9,18-20H,2,4,8H2. The van der Waals surface area contributed by atoms with Gasteiger partial charge in [0.05, 0.1) is 11.3 Å². The first-order valence-corrected chi connectivity index (χ1v) is 6.72. The third-order valence-corrected chi connectivity index (χ3v) is 3.65. The number of carbonyl (C=O) groups excluding carboxylic acids is 1. The van der Waals surface area contributed by atoms with Crippen molar-refractivity contribution in [2.75, 3.05) is 11.4 Å². The van der Waals surface area contributed by atoms with E-state index in [-0.39, 0.29) is 22.8 Å². The highest BCUT2D eigenvalue weighted by Gasteiger charge is 2.27. The number of phenolic OH excluding ortho intramolecular Hbond substituents is 3. The third kappa shape index (κ3) is 2.27. The molecule has 0 aliphatic carbocycles. The lowest BCUT2D eigenvalue weighted by molar-refractivity contribution is 0.0981. The van der Waals surface area contributed by atoms with Gasteiger partial charge >= 0.3 is 0 Å². The Bertz CT molecular complexity index is 711. The Labute approximate surface area is 121 Å². The normalized spacial score (nSPS) is 13.8. The van der Waals surface area contributed by atoms with E-state index in [0.29, 0.717) is 12.2 Å². The first-order valence-electron chi connectivity index (χ1n) is 6.72. The molecule has 0 aromatic heterocycles. The summed E-state index contributed by atoms with van der Waals surface area (Å²) < 4.78 is 0. The molecular formula is C16H15NO4. The van der Waals surface area contributed by atoms with Crippen LogP contribution in [0.4, 0.5) is 5.69 Å². The Kier molecular flexibility index (Phi) is 3.17. The number of nitrogens with zero attached hydrogens (tertiary/aromatic N) is 1. The molecule has 0 radical (unpaired) electrons. The Balaban J connectivity index is 2.06. The summed E-state index contributed by atoms with van der Waals surface area (Å²) in [5.74, 6) is -0.683. The first kappa shape index (κ1) is 13.3. The monoisotopic (exact) mass is 285 g/mol. The second-order valence-electron chi connectivity index (χ2n) is 5.05. The molecule has 0 fully saturated rings. The van der Waals surface area contributed by atoms with Crippen LogP contribution in [0.1, 0.15) is 22.3 Å². The summed E-state index contributed by atoms with van der Waals surface area (Å²) in [5, 5.41) is 29.4. The summed E-state index contributed by atoms with van der Waals surface area (Å²) >= 11 is 0. The number of para-hydroxylation sites is 1. The Morgan fingerprint density at radius 1 is 1.05 bits per heavy atom. The molecule has 1 aliphatic rings. The number of anilines is 1. The van der Waals surface area contributed by atoms with Crippen molar-refractivity contribution < 1.29 is 20.1 Å². The van der Waals surface area contributed by atoms with Gasteiger partial charge in [0, 0.05) is 6.54 Å². The van der Waals surface area contributed by atoms with Crippen LogP contribution in [0.15, 0.2) is 36.4 Å². The van der Waals surface area contributed by atoms with Crippen molar-refractivity contribution in [1.82, 2.24) is 0 Å². The number of rotatable bonds is 1. The SMILES string of the molecule is O=C(c1cc(O)ccc1O)N1CCCc2cccc(O)c21. The van der Waals surface area contributed by atoms with Gasteiger partial charge < -0.3 is 20.2 Å². The zero-order valence-electron chi connectivity index (χ0n) is 11.3. The molecule has 0 atom stereocenters. The highest BCUT2D eigenvalue weighted by molar-refractivity contribution is 6.09. The van der Waals surface area contributed by atoms with Crippen molar-refractivity contribution in [2.45, 2.75) is 12.8 Å². The van der Waals surface area contributed by atoms with E-state index in [2.05, 4.69) is 0 Å². The van der Waals surface area contributed by atoms with E-state index in [1.807, 2.05) is 6.07 Å². The van der Waals surface area contributed by atoms with Crippen molar-refractivity contribution in [3.63, 3.8) is 0 Å². The second-order valence-corrected chi connectivity index (χ2v) is 5.05. The molecule has 1 amide bonds. The summed E-state index contributed by atoms with van der Waals surface area (Å²) in [6.45, 7) is 0.457. The Hall–Kier alpha value is -2.69. The van der Waals surface area contributed by atoms with Crippen LogP contribution in [-0.2, 0) is 6.42 Å². The zero-order chi connectivity index (χ0) is 15.0. The van der Waals surface area contributed by atoms with Crippen molar-refractivity contribution in [2.24, 2.45) is 0 Å². The van der Waals surface area contributed by atoms with Crippen molar-refractivity contribution in [1.29, 1.82) is 0 Å². The molecule has 3 N–H and O–H groups in total. The van der Waals surface area contributed by atoms with Crippen LogP contribution in [0, 0.1) is 0 Å². The summed E-state index contributed by atoms with van der Waals surface area (Å²) in [5.41, 5.74) is 1.40. The summed E-state index contributed by atoms with van der Waals surface area (Å²) in [7, 11) is 0. The zero-order valence-corrected chi connectivity index (χ0v) is 11.3. The number of aromatic hydroxyl groups is 3. The lowest BCUT2D eigenvalue weighted by Gasteiger charge is -2.30. The van der Waals surface area contributed by atoms with E-state index >= 15 is 0 Å². The number of phenols is 3. The smallest absolute Gasteiger partial charge is 0.262 e. The maximum Gasteiger partial charge on any atom is 0.262 e. The molecule has 2 aromatic rings. The van der Waals surface area contributed by atoms with Gasteiger partial charge in [-0.3, -0.25) is 4.79 Å². The molecule has 108 valence electrons. The largest absolute Gasteiger partial charge is 0.508 e. The summed E-state index contributed by atoms with van der Waals surface area (Å²) in [4.78, 5) is 14.1. The minimum atomic E-state index is -0.439. The van der Waals surface area contributed by atoms with Crippen LogP contribution in [0.3, 0.4) is 0 Å². The number of amides is 1. The number of hydrogen-bond acceptors (Lipinski definition) is 4. The molecule has 5 nitrogen and oxygen atoms in total. The van der Waals surface area contributed by atoms with E-state index < -0.39 is 5.91 Å². The summed E-state index contributed by atoms with van der Waals surface area (Å²) in [6.07, 6.45) is 1.57. The number of carbonyl (C=O) groups is 1. The minimum Gasteiger partial charge on any atom is -0.508 e. The molecular weight excluding hydrogens is 270 g/mol. The third-order valence-electron chi connectivity index (χ3n) is 3.65. The molecule has 2 aromatic carbocycles. The quantitative estimate of drug-likeness (QED) is 0.703. The topological polar surface area (TPSA) is 81.0 Å². The molecule has 5 heteroatoms. The average Bonchev–Trinajstić information content (AvgIpc) is 2.49. The highest BCUT2D eigenvalue weighted by atomic mass is 16.3. The summed E-state index contributed by atoms with van der Waals surface area (Å²) in [6, 6.07) is 8.97. The van der Waals surface area contributed by atoms with E-state index in [0.717, 1.165) is 18.4 Å². The van der Waals surface area contributed by atoms with Gasteiger partial charge in [-0.2, -0.15) is 0 Å². The predicted molar refractivity (Wildman–Crippen MR) is 77.9 cm³/mol. The lowest BCUT2D eigenvalue weighted by atomic mass is 10.00. The van der Waals surface area contributed by atoms with Crippen molar-refractivity contribution in [3.05, 3.63) is 47.5 Å². The molecule has 1 heterocycles. The van der Waals surface area contributed by atoms with Crippen molar-refractivity contribution in [3.8, 4) is 17.2 Å². The number of fused-ring (bicyclic) bond motifs is 1. The molecule has 0 spiro atoms. The fraction of sp³-hybridized carbons (Fsp3) is 0.188. The van der Waals surface area contributed by atoms with Gasteiger partial charge in [0.2, 0.25) is 0 Å². The molecule has 1 aliphatic heterocycles. The fourth-order valence-corrected chi connectivity index (χ4v) is 2.67. The van der Waals surface area contributed by atoms with Gasteiger partial charge in [-0.05, 0) is 42.7 Å². The average molecular weight is 285 g/mol. The molecule has 0 unspecified atom stereocenters. The number of aryl methyl sites for hydroxylation is 1. The van der Waals surface area contributed by atoms with Gasteiger partial charge in [0.25, 0.3) is 5.91 Å². The van der Waals surface area contributed by atoms with Crippen LogP contribution in [0.5, 0.6) is 17.2 Å². The first-order chi connectivity index (χ1) is 10.1. The molecule has 0 saturated carbocycles. The van der Waals surface area contributed by atoms with Gasteiger partial charge in [-0.1, -0.05) is 12.1 Å². The maximum atomic E-state index is 12.6. The molecule has 3 rings (SSSR count). The number of hydrogen-bond donors (Lipinski definition) is 3. The lowest BCUT2D eigenvalue weighted by Crippen LogP contribution is -2.35. The van der Waals surface area contributed by atoms with Gasteiger partial charge in [0.1, 0.15) is 17.2 Å². The second kappa shape index (κ2) is 5.01. The van der Waals surface area contributed by atoms with Crippen LogP contribution in [0.2, 0.25) is 0 Å². The van der Waals surface area contributed by atoms with Crippen LogP contribution < -0.4 is 4.90 Å². The van der Waals surface area contributed by atoms with E-state index in [9.17, 15) is 20.1 Å². The molecule has 0 bridgehead atoms. The van der Waals surface area contributed by atoms with Gasteiger partial charge in [-0.15, -0.1) is 0 Å². The van der Waals surface area contributed by atoms with Gasteiger partial charge in [-0.25, -0.2) is 0 Å². The van der Waals surface area contributed by atoms with Crippen LogP contribution in [0.25, 0.3) is 0 Å². The number of benzene rings is 2. The molecule has 0 saturated heterocycles. The van der Waals surface area contributed by atoms with Crippen LogP contribution >= 0.6 is 0 Å². The maximum absolute atomic E-state index is 12.6. The highest BCUT2D eigenvalue weighted by Crippen LogP contribution is 2.37. The van der Waals surface area contributed by atoms with Crippen LogP contribution in [-0.4, -0.2) is 27.8 Å². The van der Waals surface area contributed by atoms with Crippen molar-refractivity contribution >= 4 is 11.6 Å².